The second kappa shape index (κ2) is 3.79. The lowest BCUT2D eigenvalue weighted by molar-refractivity contribution is 0.0687. The number of oxazole rings is 1. The molecule has 0 saturated carbocycles. The van der Waals surface area contributed by atoms with Gasteiger partial charge in [0.05, 0.1) is 0 Å². The Morgan fingerprint density at radius 1 is 1.71 bits per heavy atom. The van der Waals surface area contributed by atoms with Crippen molar-refractivity contribution in [3.05, 3.63) is 17.8 Å². The Bertz CT molecular complexity index is 329. The average molecular weight is 196 g/mol. The van der Waals surface area contributed by atoms with Crippen molar-refractivity contribution >= 4 is 5.97 Å². The van der Waals surface area contributed by atoms with E-state index in [1.807, 2.05) is 0 Å². The van der Waals surface area contributed by atoms with Gasteiger partial charge in [0.15, 0.2) is 12.1 Å². The first-order valence-corrected chi connectivity index (χ1v) is 4.66. The van der Waals surface area contributed by atoms with Crippen molar-refractivity contribution in [3.63, 3.8) is 0 Å². The van der Waals surface area contributed by atoms with Gasteiger partial charge in [0, 0.05) is 12.5 Å². The highest BCUT2D eigenvalue weighted by atomic mass is 16.4. The molecule has 1 unspecified atom stereocenters. The molecule has 5 heteroatoms. The molecule has 1 atom stereocenters. The van der Waals surface area contributed by atoms with Crippen molar-refractivity contribution in [2.75, 3.05) is 13.1 Å². The molecule has 1 saturated heterocycles. The van der Waals surface area contributed by atoms with Gasteiger partial charge in [0.2, 0.25) is 0 Å². The first-order chi connectivity index (χ1) is 6.79. The van der Waals surface area contributed by atoms with Gasteiger partial charge in [-0.15, -0.1) is 0 Å². The number of piperidine rings is 1. The van der Waals surface area contributed by atoms with E-state index < -0.39 is 5.97 Å². The van der Waals surface area contributed by atoms with E-state index >= 15 is 0 Å². The van der Waals surface area contributed by atoms with E-state index in [9.17, 15) is 4.79 Å². The number of carboxylic acids is 1. The monoisotopic (exact) mass is 196 g/mol. The summed E-state index contributed by atoms with van der Waals surface area (Å²) in [5.74, 6) is -0.360. The van der Waals surface area contributed by atoms with Crippen LogP contribution in [0.15, 0.2) is 10.8 Å². The minimum absolute atomic E-state index is 0.0544. The van der Waals surface area contributed by atoms with Crippen LogP contribution in [0.25, 0.3) is 0 Å². The molecule has 2 N–H and O–H groups in total. The molecular formula is C9H12N2O3. The third-order valence-corrected chi connectivity index (χ3v) is 2.47. The Morgan fingerprint density at radius 2 is 2.57 bits per heavy atom. The van der Waals surface area contributed by atoms with Crippen molar-refractivity contribution < 1.29 is 14.3 Å². The summed E-state index contributed by atoms with van der Waals surface area (Å²) in [5.41, 5.74) is 0.0544. The molecule has 1 fully saturated rings. The van der Waals surface area contributed by atoms with Gasteiger partial charge >= 0.3 is 5.97 Å². The Balaban J connectivity index is 2.21. The fraction of sp³-hybridized carbons (Fsp3) is 0.556. The summed E-state index contributed by atoms with van der Waals surface area (Å²) in [7, 11) is 0. The molecule has 0 bridgehead atoms. The topological polar surface area (TPSA) is 75.4 Å². The number of aromatic carboxylic acids is 1. The van der Waals surface area contributed by atoms with E-state index in [0.29, 0.717) is 5.76 Å². The van der Waals surface area contributed by atoms with Crippen molar-refractivity contribution in [2.45, 2.75) is 18.8 Å². The smallest absolute Gasteiger partial charge is 0.358 e. The SMILES string of the molecule is O=C(O)c1ncoc1C1CCCNC1. The van der Waals surface area contributed by atoms with Crippen molar-refractivity contribution in [2.24, 2.45) is 0 Å². The molecule has 0 amide bonds. The van der Waals surface area contributed by atoms with E-state index in [4.69, 9.17) is 9.52 Å². The maximum Gasteiger partial charge on any atom is 0.358 e. The summed E-state index contributed by atoms with van der Waals surface area (Å²) in [5, 5.41) is 12.1. The maximum absolute atomic E-state index is 10.8. The molecule has 0 spiro atoms. The summed E-state index contributed by atoms with van der Waals surface area (Å²) in [4.78, 5) is 14.5. The van der Waals surface area contributed by atoms with Crippen molar-refractivity contribution in [1.29, 1.82) is 0 Å². The van der Waals surface area contributed by atoms with Crippen LogP contribution < -0.4 is 5.32 Å². The van der Waals surface area contributed by atoms with Crippen LogP contribution in [0, 0.1) is 0 Å². The van der Waals surface area contributed by atoms with Gasteiger partial charge in [-0.3, -0.25) is 0 Å². The van der Waals surface area contributed by atoms with Gasteiger partial charge in [-0.2, -0.15) is 0 Å². The second-order valence-corrected chi connectivity index (χ2v) is 3.41. The van der Waals surface area contributed by atoms with Crippen LogP contribution >= 0.6 is 0 Å². The lowest BCUT2D eigenvalue weighted by atomic mass is 9.96. The molecule has 5 nitrogen and oxygen atoms in total. The lowest BCUT2D eigenvalue weighted by Gasteiger charge is -2.20. The van der Waals surface area contributed by atoms with Gasteiger partial charge in [0.25, 0.3) is 0 Å². The quantitative estimate of drug-likeness (QED) is 0.733. The minimum Gasteiger partial charge on any atom is -0.476 e. The first-order valence-electron chi connectivity index (χ1n) is 4.66. The molecule has 0 aromatic carbocycles. The Morgan fingerprint density at radius 3 is 3.21 bits per heavy atom. The highest BCUT2D eigenvalue weighted by Crippen LogP contribution is 2.25. The van der Waals surface area contributed by atoms with Crippen molar-refractivity contribution in [1.82, 2.24) is 10.3 Å². The molecule has 2 rings (SSSR count). The normalized spacial score (nSPS) is 22.1. The summed E-state index contributed by atoms with van der Waals surface area (Å²) in [6.45, 7) is 1.77. The molecule has 2 heterocycles. The van der Waals surface area contributed by atoms with Crippen LogP contribution in [0.2, 0.25) is 0 Å². The number of carbonyl (C=O) groups is 1. The van der Waals surface area contributed by atoms with E-state index in [1.54, 1.807) is 0 Å². The van der Waals surface area contributed by atoms with Crippen LogP contribution in [-0.2, 0) is 0 Å². The number of hydrogen-bond donors (Lipinski definition) is 2. The number of aromatic nitrogens is 1. The zero-order valence-corrected chi connectivity index (χ0v) is 7.69. The highest BCUT2D eigenvalue weighted by molar-refractivity contribution is 5.86. The van der Waals surface area contributed by atoms with Crippen LogP contribution in [0.5, 0.6) is 0 Å². The number of hydrogen-bond acceptors (Lipinski definition) is 4. The van der Waals surface area contributed by atoms with Crippen LogP contribution in [0.4, 0.5) is 0 Å². The van der Waals surface area contributed by atoms with Crippen LogP contribution in [0.3, 0.4) is 0 Å². The van der Waals surface area contributed by atoms with Gasteiger partial charge in [0.1, 0.15) is 5.76 Å². The maximum atomic E-state index is 10.8. The second-order valence-electron chi connectivity index (χ2n) is 3.41. The zero-order chi connectivity index (χ0) is 9.97. The third-order valence-electron chi connectivity index (χ3n) is 2.47. The van der Waals surface area contributed by atoms with Gasteiger partial charge in [-0.05, 0) is 19.4 Å². The predicted molar refractivity (Wildman–Crippen MR) is 48.3 cm³/mol. The summed E-state index contributed by atoms with van der Waals surface area (Å²) in [6, 6.07) is 0. The zero-order valence-electron chi connectivity index (χ0n) is 7.69. The fourth-order valence-electron chi connectivity index (χ4n) is 1.78. The molecule has 1 aliphatic rings. The van der Waals surface area contributed by atoms with Gasteiger partial charge in [-0.1, -0.05) is 0 Å². The molecular weight excluding hydrogens is 184 g/mol. The fourth-order valence-corrected chi connectivity index (χ4v) is 1.78. The van der Waals surface area contributed by atoms with E-state index in [0.717, 1.165) is 25.9 Å². The number of rotatable bonds is 2. The molecule has 76 valence electrons. The number of nitrogens with zero attached hydrogens (tertiary/aromatic N) is 1. The molecule has 1 aromatic rings. The minimum atomic E-state index is -1.01. The van der Waals surface area contributed by atoms with Gasteiger partial charge in [-0.25, -0.2) is 9.78 Å². The average Bonchev–Trinajstić information content (AvgIpc) is 2.67. The van der Waals surface area contributed by atoms with E-state index in [2.05, 4.69) is 10.3 Å². The Labute approximate surface area is 81.1 Å². The summed E-state index contributed by atoms with van der Waals surface area (Å²) >= 11 is 0. The molecule has 1 aromatic heterocycles. The molecule has 0 radical (unpaired) electrons. The molecule has 0 aliphatic carbocycles. The lowest BCUT2D eigenvalue weighted by Crippen LogP contribution is -2.29. The van der Waals surface area contributed by atoms with Crippen LogP contribution in [-0.4, -0.2) is 29.1 Å². The van der Waals surface area contributed by atoms with E-state index in [-0.39, 0.29) is 11.6 Å². The summed E-state index contributed by atoms with van der Waals surface area (Å²) < 4.78 is 5.13. The predicted octanol–water partition coefficient (Wildman–Crippen LogP) is 0.840. The largest absolute Gasteiger partial charge is 0.476 e. The highest BCUT2D eigenvalue weighted by Gasteiger charge is 2.25. The molecule has 1 aliphatic heterocycles. The van der Waals surface area contributed by atoms with Gasteiger partial charge < -0.3 is 14.8 Å². The van der Waals surface area contributed by atoms with Crippen molar-refractivity contribution in [3.8, 4) is 0 Å². The Kier molecular flexibility index (Phi) is 2.49. The molecule has 14 heavy (non-hydrogen) atoms. The first kappa shape index (κ1) is 9.21. The third kappa shape index (κ3) is 1.63. The van der Waals surface area contributed by atoms with Crippen LogP contribution in [0.1, 0.15) is 35.0 Å². The number of nitrogens with one attached hydrogen (secondary N) is 1. The number of carboxylic acid groups (broad SMARTS) is 1. The van der Waals surface area contributed by atoms with E-state index in [1.165, 1.54) is 6.39 Å². The summed E-state index contributed by atoms with van der Waals surface area (Å²) in [6.07, 6.45) is 3.21. The standard InChI is InChI=1S/C9H12N2O3/c12-9(13)7-8(14-5-11-7)6-2-1-3-10-4-6/h5-6,10H,1-4H2,(H,12,13). The Hall–Kier alpha value is -1.36.